The Labute approximate surface area is 104 Å². The number of anilines is 1. The molecular weight excluding hydrogens is 237 g/mol. The van der Waals surface area contributed by atoms with E-state index in [0.717, 1.165) is 24.2 Å². The van der Waals surface area contributed by atoms with E-state index in [9.17, 15) is 4.39 Å². The highest BCUT2D eigenvalue weighted by atomic mass is 35.5. The molecule has 3 heteroatoms. The number of halogens is 2. The van der Waals surface area contributed by atoms with Gasteiger partial charge in [-0.1, -0.05) is 17.7 Å². The molecule has 0 amide bonds. The predicted molar refractivity (Wildman–Crippen MR) is 69.0 cm³/mol. The van der Waals surface area contributed by atoms with Gasteiger partial charge in [-0.3, -0.25) is 0 Å². The highest BCUT2D eigenvalue weighted by Gasteiger charge is 2.12. The van der Waals surface area contributed by atoms with Crippen molar-refractivity contribution in [1.29, 1.82) is 0 Å². The van der Waals surface area contributed by atoms with E-state index in [4.69, 9.17) is 11.6 Å². The molecule has 2 aromatic carbocycles. The number of benzene rings is 2. The maximum absolute atomic E-state index is 13.8. The third-order valence-electron chi connectivity index (χ3n) is 3.06. The van der Waals surface area contributed by atoms with Gasteiger partial charge in [0.05, 0.1) is 0 Å². The van der Waals surface area contributed by atoms with Crippen LogP contribution in [0.3, 0.4) is 0 Å². The molecule has 0 bridgehead atoms. The Bertz CT molecular complexity index is 580. The van der Waals surface area contributed by atoms with Crippen LogP contribution in [0.1, 0.15) is 5.56 Å². The van der Waals surface area contributed by atoms with Crippen LogP contribution in [0.25, 0.3) is 11.1 Å². The number of nitrogens with one attached hydrogen (secondary N) is 1. The van der Waals surface area contributed by atoms with E-state index in [1.54, 1.807) is 12.1 Å². The molecule has 17 heavy (non-hydrogen) atoms. The second kappa shape index (κ2) is 4.04. The first kappa shape index (κ1) is 10.6. The van der Waals surface area contributed by atoms with Gasteiger partial charge in [0.15, 0.2) is 0 Å². The van der Waals surface area contributed by atoms with Gasteiger partial charge in [0.1, 0.15) is 5.82 Å². The Morgan fingerprint density at radius 2 is 2.00 bits per heavy atom. The molecule has 0 atom stereocenters. The molecule has 0 spiro atoms. The van der Waals surface area contributed by atoms with Crippen molar-refractivity contribution in [2.75, 3.05) is 11.9 Å². The molecule has 1 aliphatic heterocycles. The summed E-state index contributed by atoms with van der Waals surface area (Å²) in [6.07, 6.45) is 0.998. The second-order valence-corrected chi connectivity index (χ2v) is 4.61. The molecule has 3 rings (SSSR count). The number of fused-ring (bicyclic) bond motifs is 1. The lowest BCUT2D eigenvalue weighted by atomic mass is 10.0. The largest absolute Gasteiger partial charge is 0.384 e. The molecule has 0 fully saturated rings. The monoisotopic (exact) mass is 247 g/mol. The molecule has 0 saturated carbocycles. The molecule has 1 heterocycles. The molecule has 0 aliphatic carbocycles. The first-order valence-electron chi connectivity index (χ1n) is 5.56. The van der Waals surface area contributed by atoms with Crippen LogP contribution < -0.4 is 5.32 Å². The second-order valence-electron chi connectivity index (χ2n) is 4.17. The molecule has 1 N–H and O–H groups in total. The van der Waals surface area contributed by atoms with Crippen LogP contribution in [-0.4, -0.2) is 6.54 Å². The summed E-state index contributed by atoms with van der Waals surface area (Å²) in [5.74, 6) is -0.275. The third-order valence-corrected chi connectivity index (χ3v) is 3.29. The molecule has 2 aromatic rings. The van der Waals surface area contributed by atoms with Gasteiger partial charge in [0.25, 0.3) is 0 Å². The van der Waals surface area contributed by atoms with Crippen LogP contribution in [0.4, 0.5) is 10.1 Å². The predicted octanol–water partition coefficient (Wildman–Crippen LogP) is 4.11. The summed E-state index contributed by atoms with van der Waals surface area (Å²) >= 11 is 5.75. The summed E-state index contributed by atoms with van der Waals surface area (Å²) in [7, 11) is 0. The Balaban J connectivity index is 2.09. The van der Waals surface area contributed by atoms with Gasteiger partial charge in [-0.15, -0.1) is 0 Å². The zero-order chi connectivity index (χ0) is 11.8. The summed E-state index contributed by atoms with van der Waals surface area (Å²) in [6, 6.07) is 10.8. The number of rotatable bonds is 1. The van der Waals surface area contributed by atoms with Crippen molar-refractivity contribution < 1.29 is 4.39 Å². The lowest BCUT2D eigenvalue weighted by Crippen LogP contribution is -1.90. The molecular formula is C14H11ClFN. The maximum atomic E-state index is 13.8. The number of hydrogen-bond donors (Lipinski definition) is 1. The van der Waals surface area contributed by atoms with Gasteiger partial charge >= 0.3 is 0 Å². The Kier molecular flexibility index (Phi) is 2.52. The summed E-state index contributed by atoms with van der Waals surface area (Å²) in [5.41, 5.74) is 3.91. The molecule has 0 radical (unpaired) electrons. The van der Waals surface area contributed by atoms with Gasteiger partial charge in [-0.25, -0.2) is 4.39 Å². The Morgan fingerprint density at radius 3 is 2.82 bits per heavy atom. The van der Waals surface area contributed by atoms with Crippen molar-refractivity contribution in [3.63, 3.8) is 0 Å². The van der Waals surface area contributed by atoms with Crippen molar-refractivity contribution in [2.45, 2.75) is 6.42 Å². The topological polar surface area (TPSA) is 12.0 Å². The first-order valence-corrected chi connectivity index (χ1v) is 5.94. The fourth-order valence-corrected chi connectivity index (χ4v) is 2.35. The normalized spacial score (nSPS) is 13.3. The molecule has 1 aliphatic rings. The van der Waals surface area contributed by atoms with Crippen LogP contribution in [0.5, 0.6) is 0 Å². The average Bonchev–Trinajstić information content (AvgIpc) is 2.75. The van der Waals surface area contributed by atoms with Crippen LogP contribution >= 0.6 is 11.6 Å². The SMILES string of the molecule is Fc1cc(Cl)ccc1-c1ccc2c(c1)CCN2. The van der Waals surface area contributed by atoms with Crippen molar-refractivity contribution in [2.24, 2.45) is 0 Å². The van der Waals surface area contributed by atoms with Crippen LogP contribution in [0.2, 0.25) is 5.02 Å². The smallest absolute Gasteiger partial charge is 0.132 e. The minimum Gasteiger partial charge on any atom is -0.384 e. The fourth-order valence-electron chi connectivity index (χ4n) is 2.20. The lowest BCUT2D eigenvalue weighted by molar-refractivity contribution is 0.631. The zero-order valence-corrected chi connectivity index (χ0v) is 9.89. The van der Waals surface area contributed by atoms with Crippen molar-refractivity contribution >= 4 is 17.3 Å². The van der Waals surface area contributed by atoms with E-state index in [1.165, 1.54) is 11.6 Å². The molecule has 86 valence electrons. The van der Waals surface area contributed by atoms with E-state index in [1.807, 2.05) is 18.2 Å². The van der Waals surface area contributed by atoms with Crippen molar-refractivity contribution in [3.05, 3.63) is 52.8 Å². The van der Waals surface area contributed by atoms with Gasteiger partial charge in [-0.05, 0) is 47.9 Å². The van der Waals surface area contributed by atoms with Crippen LogP contribution in [0, 0.1) is 5.82 Å². The van der Waals surface area contributed by atoms with E-state index < -0.39 is 0 Å². The van der Waals surface area contributed by atoms with Gasteiger partial charge in [-0.2, -0.15) is 0 Å². The molecule has 0 unspecified atom stereocenters. The molecule has 1 nitrogen and oxygen atoms in total. The summed E-state index contributed by atoms with van der Waals surface area (Å²) in [5, 5.41) is 3.71. The van der Waals surface area contributed by atoms with E-state index in [2.05, 4.69) is 5.32 Å². The van der Waals surface area contributed by atoms with E-state index >= 15 is 0 Å². The minimum absolute atomic E-state index is 0.275. The van der Waals surface area contributed by atoms with E-state index in [0.29, 0.717) is 10.6 Å². The Hall–Kier alpha value is -1.54. The average molecular weight is 248 g/mol. The number of hydrogen-bond acceptors (Lipinski definition) is 1. The van der Waals surface area contributed by atoms with Crippen molar-refractivity contribution in [1.82, 2.24) is 0 Å². The lowest BCUT2D eigenvalue weighted by Gasteiger charge is -2.06. The first-order chi connectivity index (χ1) is 8.24. The highest BCUT2D eigenvalue weighted by molar-refractivity contribution is 6.30. The maximum Gasteiger partial charge on any atom is 0.132 e. The molecule has 0 saturated heterocycles. The fraction of sp³-hybridized carbons (Fsp3) is 0.143. The van der Waals surface area contributed by atoms with Crippen LogP contribution in [-0.2, 0) is 6.42 Å². The standard InChI is InChI=1S/C14H11ClFN/c15-11-2-3-12(13(16)8-11)9-1-4-14-10(7-9)5-6-17-14/h1-4,7-8,17H,5-6H2. The van der Waals surface area contributed by atoms with Gasteiger partial charge < -0.3 is 5.32 Å². The summed E-state index contributed by atoms with van der Waals surface area (Å²) in [6.45, 7) is 0.960. The van der Waals surface area contributed by atoms with Gasteiger partial charge in [0, 0.05) is 22.8 Å². The third kappa shape index (κ3) is 1.89. The Morgan fingerprint density at radius 1 is 1.12 bits per heavy atom. The quantitative estimate of drug-likeness (QED) is 0.800. The minimum atomic E-state index is -0.275. The summed E-state index contributed by atoms with van der Waals surface area (Å²) in [4.78, 5) is 0. The molecule has 0 aromatic heterocycles. The van der Waals surface area contributed by atoms with Crippen LogP contribution in [0.15, 0.2) is 36.4 Å². The summed E-state index contributed by atoms with van der Waals surface area (Å²) < 4.78 is 13.8. The van der Waals surface area contributed by atoms with Crippen molar-refractivity contribution in [3.8, 4) is 11.1 Å². The highest BCUT2D eigenvalue weighted by Crippen LogP contribution is 2.30. The zero-order valence-electron chi connectivity index (χ0n) is 9.13. The van der Waals surface area contributed by atoms with Gasteiger partial charge in [0.2, 0.25) is 0 Å². The van der Waals surface area contributed by atoms with E-state index in [-0.39, 0.29) is 5.82 Å².